The Morgan fingerprint density at radius 3 is 2.32 bits per heavy atom. The van der Waals surface area contributed by atoms with Crippen LogP contribution in [0, 0.1) is 5.92 Å². The maximum atomic E-state index is 13.2. The molecule has 0 unspecified atom stereocenters. The van der Waals surface area contributed by atoms with Gasteiger partial charge in [-0.3, -0.25) is 14.5 Å². The van der Waals surface area contributed by atoms with Crippen LogP contribution in [0.5, 0.6) is 0 Å². The first-order valence-corrected chi connectivity index (χ1v) is 10.7. The van der Waals surface area contributed by atoms with E-state index in [0.29, 0.717) is 58.2 Å². The molecule has 0 bridgehead atoms. The molecule has 1 aromatic rings. The van der Waals surface area contributed by atoms with E-state index in [0.717, 1.165) is 25.0 Å². The lowest BCUT2D eigenvalue weighted by molar-refractivity contribution is -0.137. The third-order valence-electron chi connectivity index (χ3n) is 5.93. The fourth-order valence-electron chi connectivity index (χ4n) is 4.00. The number of alkyl halides is 3. The van der Waals surface area contributed by atoms with Crippen LogP contribution in [-0.4, -0.2) is 80.6 Å². The SMILES string of the molecule is O=C(CN1CCN(C(=O)C2CC2)CC1)Nc1cc(C(F)(F)F)ccc1N1CCOCC1. The van der Waals surface area contributed by atoms with Crippen LogP contribution >= 0.6 is 0 Å². The van der Waals surface area contributed by atoms with Crippen LogP contribution in [0.3, 0.4) is 0 Å². The number of piperazine rings is 1. The highest BCUT2D eigenvalue weighted by Gasteiger charge is 2.35. The molecule has 2 amide bonds. The molecule has 3 fully saturated rings. The largest absolute Gasteiger partial charge is 0.416 e. The van der Waals surface area contributed by atoms with Gasteiger partial charge in [-0.15, -0.1) is 0 Å². The lowest BCUT2D eigenvalue weighted by Gasteiger charge is -2.34. The van der Waals surface area contributed by atoms with Gasteiger partial charge in [-0.1, -0.05) is 0 Å². The predicted molar refractivity (Wildman–Crippen MR) is 109 cm³/mol. The highest BCUT2D eigenvalue weighted by atomic mass is 19.4. The topological polar surface area (TPSA) is 65.1 Å². The first kappa shape index (κ1) is 21.9. The Kier molecular flexibility index (Phi) is 6.38. The van der Waals surface area contributed by atoms with Crippen LogP contribution in [0.1, 0.15) is 18.4 Å². The molecule has 2 saturated heterocycles. The zero-order chi connectivity index (χ0) is 22.0. The summed E-state index contributed by atoms with van der Waals surface area (Å²) in [5, 5.41) is 2.69. The molecule has 31 heavy (non-hydrogen) atoms. The van der Waals surface area contributed by atoms with Crippen molar-refractivity contribution in [2.24, 2.45) is 5.92 Å². The first-order valence-electron chi connectivity index (χ1n) is 10.7. The molecule has 3 aliphatic rings. The molecular weight excluding hydrogens is 413 g/mol. The predicted octanol–water partition coefficient (Wildman–Crippen LogP) is 2.03. The van der Waals surface area contributed by atoms with Gasteiger partial charge in [0.05, 0.1) is 36.7 Å². The number of hydrogen-bond acceptors (Lipinski definition) is 5. The van der Waals surface area contributed by atoms with E-state index in [2.05, 4.69) is 5.32 Å². The molecule has 1 aliphatic carbocycles. The number of benzene rings is 1. The van der Waals surface area contributed by atoms with Crippen molar-refractivity contribution in [3.8, 4) is 0 Å². The van der Waals surface area contributed by atoms with Crippen molar-refractivity contribution >= 4 is 23.2 Å². The molecule has 0 radical (unpaired) electrons. The minimum Gasteiger partial charge on any atom is -0.378 e. The first-order chi connectivity index (χ1) is 14.8. The van der Waals surface area contributed by atoms with Gasteiger partial charge in [0.25, 0.3) is 0 Å². The second-order valence-corrected chi connectivity index (χ2v) is 8.25. The molecule has 0 aromatic heterocycles. The fourth-order valence-corrected chi connectivity index (χ4v) is 4.00. The van der Waals surface area contributed by atoms with E-state index in [1.54, 1.807) is 0 Å². The quantitative estimate of drug-likeness (QED) is 0.759. The van der Waals surface area contributed by atoms with Gasteiger partial charge >= 0.3 is 6.18 Å². The Bertz CT molecular complexity index is 815. The summed E-state index contributed by atoms with van der Waals surface area (Å²) in [7, 11) is 0. The minimum atomic E-state index is -4.49. The van der Waals surface area contributed by atoms with Gasteiger partial charge in [-0.05, 0) is 31.0 Å². The molecule has 0 spiro atoms. The number of carbonyl (C=O) groups is 2. The summed E-state index contributed by atoms with van der Waals surface area (Å²) in [5.74, 6) is 0.00777. The average Bonchev–Trinajstić information content (AvgIpc) is 3.59. The Hall–Kier alpha value is -2.33. The smallest absolute Gasteiger partial charge is 0.378 e. The van der Waals surface area contributed by atoms with E-state index in [9.17, 15) is 22.8 Å². The second kappa shape index (κ2) is 9.04. The second-order valence-electron chi connectivity index (χ2n) is 8.25. The Morgan fingerprint density at radius 1 is 1.03 bits per heavy atom. The van der Waals surface area contributed by atoms with Crippen LogP contribution in [0.15, 0.2) is 18.2 Å². The van der Waals surface area contributed by atoms with Gasteiger partial charge in [0.15, 0.2) is 0 Å². The third kappa shape index (κ3) is 5.48. The number of ether oxygens (including phenoxy) is 1. The number of carbonyl (C=O) groups excluding carboxylic acids is 2. The van der Waals surface area contributed by atoms with Crippen molar-refractivity contribution in [3.63, 3.8) is 0 Å². The summed E-state index contributed by atoms with van der Waals surface area (Å²) in [6.45, 7) is 4.43. The maximum absolute atomic E-state index is 13.2. The highest BCUT2D eigenvalue weighted by molar-refractivity contribution is 5.96. The lowest BCUT2D eigenvalue weighted by atomic mass is 10.1. The van der Waals surface area contributed by atoms with Crippen LogP contribution in [-0.2, 0) is 20.5 Å². The van der Waals surface area contributed by atoms with Gasteiger partial charge in [0.2, 0.25) is 11.8 Å². The molecular formula is C21H27F3N4O3. The van der Waals surface area contributed by atoms with Crippen LogP contribution < -0.4 is 10.2 Å². The molecule has 170 valence electrons. The average molecular weight is 440 g/mol. The van der Waals surface area contributed by atoms with Gasteiger partial charge in [0, 0.05) is 45.2 Å². The van der Waals surface area contributed by atoms with Crippen molar-refractivity contribution in [3.05, 3.63) is 23.8 Å². The van der Waals surface area contributed by atoms with Crippen molar-refractivity contribution in [1.29, 1.82) is 0 Å². The summed E-state index contributed by atoms with van der Waals surface area (Å²) in [6, 6.07) is 3.44. The van der Waals surface area contributed by atoms with Gasteiger partial charge in [-0.25, -0.2) is 0 Å². The number of hydrogen-bond donors (Lipinski definition) is 1. The summed E-state index contributed by atoms with van der Waals surface area (Å²) in [4.78, 5) is 30.5. The van der Waals surface area contributed by atoms with Crippen molar-refractivity contribution in [1.82, 2.24) is 9.80 Å². The Morgan fingerprint density at radius 2 is 1.71 bits per heavy atom. The Labute approximate surface area is 179 Å². The van der Waals surface area contributed by atoms with Gasteiger partial charge in [0.1, 0.15) is 0 Å². The summed E-state index contributed by atoms with van der Waals surface area (Å²) < 4.78 is 45.0. The van der Waals surface area contributed by atoms with E-state index in [1.807, 2.05) is 14.7 Å². The standard InChI is InChI=1S/C21H27F3N4O3/c22-21(23,24)16-3-4-18(27-9-11-31-12-10-27)17(13-16)25-19(29)14-26-5-7-28(8-6-26)20(30)15-1-2-15/h3-4,13,15H,1-2,5-12,14H2,(H,25,29). The van der Waals surface area contributed by atoms with E-state index in [4.69, 9.17) is 4.74 Å². The molecule has 1 aromatic carbocycles. The zero-order valence-corrected chi connectivity index (χ0v) is 17.3. The third-order valence-corrected chi connectivity index (χ3v) is 5.93. The van der Waals surface area contributed by atoms with E-state index < -0.39 is 11.7 Å². The number of nitrogens with one attached hydrogen (secondary N) is 1. The van der Waals surface area contributed by atoms with Crippen LogP contribution in [0.25, 0.3) is 0 Å². The van der Waals surface area contributed by atoms with Crippen molar-refractivity contribution in [2.75, 3.05) is 69.2 Å². The number of halogens is 3. The monoisotopic (exact) mass is 440 g/mol. The molecule has 1 saturated carbocycles. The zero-order valence-electron chi connectivity index (χ0n) is 17.3. The molecule has 7 nitrogen and oxygen atoms in total. The molecule has 10 heteroatoms. The van der Waals surface area contributed by atoms with Gasteiger partial charge < -0.3 is 19.9 Å². The number of anilines is 2. The van der Waals surface area contributed by atoms with Crippen molar-refractivity contribution < 1.29 is 27.5 Å². The normalized spacial score (nSPS) is 20.6. The molecule has 1 N–H and O–H groups in total. The van der Waals surface area contributed by atoms with Gasteiger partial charge in [-0.2, -0.15) is 13.2 Å². The number of morpholine rings is 1. The molecule has 4 rings (SSSR count). The minimum absolute atomic E-state index is 0.0737. The molecule has 2 aliphatic heterocycles. The summed E-state index contributed by atoms with van der Waals surface area (Å²) in [5.41, 5.74) is -0.0826. The van der Waals surface area contributed by atoms with Crippen LogP contribution in [0.2, 0.25) is 0 Å². The molecule has 0 atom stereocenters. The number of rotatable bonds is 5. The summed E-state index contributed by atoms with van der Waals surface area (Å²) >= 11 is 0. The lowest BCUT2D eigenvalue weighted by Crippen LogP contribution is -2.50. The van der Waals surface area contributed by atoms with Crippen LogP contribution in [0.4, 0.5) is 24.5 Å². The maximum Gasteiger partial charge on any atom is 0.416 e. The van der Waals surface area contributed by atoms with Crippen molar-refractivity contribution in [2.45, 2.75) is 19.0 Å². The number of amides is 2. The number of nitrogens with zero attached hydrogens (tertiary/aromatic N) is 3. The molecule has 2 heterocycles. The van der Waals surface area contributed by atoms with E-state index in [-0.39, 0.29) is 30.0 Å². The fraction of sp³-hybridized carbons (Fsp3) is 0.619. The summed E-state index contributed by atoms with van der Waals surface area (Å²) in [6.07, 6.45) is -2.57. The Balaban J connectivity index is 1.39. The van der Waals surface area contributed by atoms with E-state index >= 15 is 0 Å². The van der Waals surface area contributed by atoms with E-state index in [1.165, 1.54) is 6.07 Å². The highest BCUT2D eigenvalue weighted by Crippen LogP contribution is 2.36.